The zero-order valence-electron chi connectivity index (χ0n) is 16.3. The minimum absolute atomic E-state index is 0.0717. The molecule has 2 heterocycles. The number of likely N-dealkylation sites (tertiary alicyclic amines) is 1. The van der Waals surface area contributed by atoms with Gasteiger partial charge >= 0.3 is 18.2 Å². The molecular formula is C20H21F3N4O3. The molecule has 1 aromatic heterocycles. The molecule has 7 nitrogen and oxygen atoms in total. The Morgan fingerprint density at radius 2 is 2.07 bits per heavy atom. The molecule has 2 aliphatic carbocycles. The van der Waals surface area contributed by atoms with Gasteiger partial charge in [0.1, 0.15) is 0 Å². The maximum Gasteiger partial charge on any atom is 0.416 e. The van der Waals surface area contributed by atoms with E-state index in [1.165, 1.54) is 12.1 Å². The Labute approximate surface area is 170 Å². The fourth-order valence-corrected chi connectivity index (χ4v) is 5.09. The lowest BCUT2D eigenvalue weighted by atomic mass is 9.98. The number of fused-ring (bicyclic) bond motifs is 1. The van der Waals surface area contributed by atoms with Gasteiger partial charge in [-0.3, -0.25) is 0 Å². The molecule has 3 fully saturated rings. The van der Waals surface area contributed by atoms with Crippen molar-refractivity contribution in [3.63, 3.8) is 0 Å². The third kappa shape index (κ3) is 3.18. The van der Waals surface area contributed by atoms with Crippen molar-refractivity contribution in [2.75, 3.05) is 18.5 Å². The number of anilines is 1. The fraction of sp³-hybridized carbons (Fsp3) is 0.550. The van der Waals surface area contributed by atoms with E-state index < -0.39 is 11.7 Å². The molecule has 30 heavy (non-hydrogen) atoms. The van der Waals surface area contributed by atoms with Crippen LogP contribution in [0.3, 0.4) is 0 Å². The highest BCUT2D eigenvalue weighted by Gasteiger charge is 2.67. The van der Waals surface area contributed by atoms with Gasteiger partial charge in [-0.25, -0.2) is 4.79 Å². The first-order valence-electron chi connectivity index (χ1n) is 10.0. The van der Waals surface area contributed by atoms with Crippen molar-refractivity contribution in [3.8, 4) is 6.01 Å². The van der Waals surface area contributed by atoms with Gasteiger partial charge < -0.3 is 19.5 Å². The molecule has 2 saturated carbocycles. The van der Waals surface area contributed by atoms with Crippen LogP contribution in [0.15, 0.2) is 28.8 Å². The van der Waals surface area contributed by atoms with Crippen LogP contribution in [-0.2, 0) is 6.18 Å². The molecule has 3 aliphatic rings. The van der Waals surface area contributed by atoms with Crippen molar-refractivity contribution < 1.29 is 27.2 Å². The average molecular weight is 422 g/mol. The molecule has 1 aliphatic heterocycles. The van der Waals surface area contributed by atoms with Crippen LogP contribution in [0.4, 0.5) is 23.7 Å². The second-order valence-electron chi connectivity index (χ2n) is 8.35. The zero-order valence-corrected chi connectivity index (χ0v) is 16.3. The van der Waals surface area contributed by atoms with Gasteiger partial charge in [-0.1, -0.05) is 0 Å². The number of halogens is 3. The van der Waals surface area contributed by atoms with E-state index in [1.807, 2.05) is 6.92 Å². The Kier molecular flexibility index (Phi) is 4.23. The summed E-state index contributed by atoms with van der Waals surface area (Å²) in [5.74, 6) is 0.837. The summed E-state index contributed by atoms with van der Waals surface area (Å²) in [7, 11) is 0. The molecule has 1 aromatic carbocycles. The summed E-state index contributed by atoms with van der Waals surface area (Å²) in [6.45, 7) is 2.89. The molecule has 2 aromatic rings. The Bertz CT molecular complexity index is 961. The number of nitrogens with zero attached hydrogens (tertiary/aromatic N) is 3. The first-order chi connectivity index (χ1) is 14.3. The number of urea groups is 1. The Morgan fingerprint density at radius 1 is 1.30 bits per heavy atom. The third-order valence-corrected chi connectivity index (χ3v) is 6.62. The van der Waals surface area contributed by atoms with Gasteiger partial charge in [0, 0.05) is 18.3 Å². The number of benzene rings is 1. The SMILES string of the molecule is CCOc1noc(C2CC34CC2N(C(=O)Nc2ccc(C(F)(F)F)cc2)CC3C4)n1. The van der Waals surface area contributed by atoms with Gasteiger partial charge in [0.05, 0.1) is 18.1 Å². The summed E-state index contributed by atoms with van der Waals surface area (Å²) in [5.41, 5.74) is -0.189. The number of amides is 2. The third-order valence-electron chi connectivity index (χ3n) is 6.62. The van der Waals surface area contributed by atoms with Crippen molar-refractivity contribution in [1.82, 2.24) is 15.0 Å². The molecule has 1 spiro atoms. The maximum atomic E-state index is 13.0. The smallest absolute Gasteiger partial charge is 0.416 e. The monoisotopic (exact) mass is 422 g/mol. The van der Waals surface area contributed by atoms with Gasteiger partial charge in [0.25, 0.3) is 0 Å². The predicted octanol–water partition coefficient (Wildman–Crippen LogP) is 4.29. The van der Waals surface area contributed by atoms with Gasteiger partial charge in [-0.2, -0.15) is 18.2 Å². The van der Waals surface area contributed by atoms with Crippen LogP contribution < -0.4 is 10.1 Å². The van der Waals surface area contributed by atoms with Crippen molar-refractivity contribution in [2.45, 2.75) is 44.3 Å². The van der Waals surface area contributed by atoms with E-state index in [0.717, 1.165) is 31.4 Å². The first-order valence-corrected chi connectivity index (χ1v) is 10.0. The highest BCUT2D eigenvalue weighted by molar-refractivity contribution is 5.90. The van der Waals surface area contributed by atoms with Crippen LogP contribution in [0.25, 0.3) is 0 Å². The highest BCUT2D eigenvalue weighted by Crippen LogP contribution is 2.69. The number of carbonyl (C=O) groups excluding carboxylic acids is 1. The highest BCUT2D eigenvalue weighted by atomic mass is 19.4. The molecule has 1 N–H and O–H groups in total. The number of aromatic nitrogens is 2. The molecule has 10 heteroatoms. The minimum atomic E-state index is -4.41. The van der Waals surface area contributed by atoms with Gasteiger partial charge in [0.2, 0.25) is 5.89 Å². The summed E-state index contributed by atoms with van der Waals surface area (Å²) in [6.07, 6.45) is -1.59. The number of carbonyl (C=O) groups is 1. The van der Waals surface area contributed by atoms with Crippen molar-refractivity contribution >= 4 is 11.7 Å². The second kappa shape index (κ2) is 6.61. The molecule has 0 radical (unpaired) electrons. The second-order valence-corrected chi connectivity index (χ2v) is 8.35. The van der Waals surface area contributed by atoms with Crippen molar-refractivity contribution in [2.24, 2.45) is 11.3 Å². The first kappa shape index (κ1) is 19.2. The Balaban J connectivity index is 1.33. The van der Waals surface area contributed by atoms with Crippen LogP contribution in [0.5, 0.6) is 6.01 Å². The maximum absolute atomic E-state index is 13.0. The van der Waals surface area contributed by atoms with Crippen LogP contribution in [-0.4, -0.2) is 40.3 Å². The number of nitrogens with one attached hydrogen (secondary N) is 1. The number of piperidine rings is 1. The molecule has 2 amide bonds. The molecule has 5 rings (SSSR count). The summed E-state index contributed by atoms with van der Waals surface area (Å²) in [6, 6.07) is 4.24. The Hall–Kier alpha value is -2.78. The van der Waals surface area contributed by atoms with Crippen molar-refractivity contribution in [1.29, 1.82) is 0 Å². The minimum Gasteiger partial charge on any atom is -0.462 e. The number of alkyl halides is 3. The molecule has 1 saturated heterocycles. The van der Waals surface area contributed by atoms with E-state index in [9.17, 15) is 18.0 Å². The summed E-state index contributed by atoms with van der Waals surface area (Å²) in [5, 5.41) is 6.58. The van der Waals surface area contributed by atoms with E-state index in [-0.39, 0.29) is 29.4 Å². The Morgan fingerprint density at radius 3 is 2.77 bits per heavy atom. The lowest BCUT2D eigenvalue weighted by Gasteiger charge is -2.34. The number of hydrogen-bond acceptors (Lipinski definition) is 5. The van der Waals surface area contributed by atoms with E-state index in [4.69, 9.17) is 9.26 Å². The number of rotatable bonds is 4. The van der Waals surface area contributed by atoms with Gasteiger partial charge in [-0.15, -0.1) is 0 Å². The van der Waals surface area contributed by atoms with E-state index in [1.54, 1.807) is 4.90 Å². The average Bonchev–Trinajstić information content (AvgIpc) is 3.01. The summed E-state index contributed by atoms with van der Waals surface area (Å²) in [4.78, 5) is 19.1. The molecule has 4 atom stereocenters. The molecular weight excluding hydrogens is 401 g/mol. The topological polar surface area (TPSA) is 80.5 Å². The van der Waals surface area contributed by atoms with Crippen LogP contribution in [0.2, 0.25) is 0 Å². The van der Waals surface area contributed by atoms with E-state index >= 15 is 0 Å². The lowest BCUT2D eigenvalue weighted by Crippen LogP contribution is -2.47. The lowest BCUT2D eigenvalue weighted by molar-refractivity contribution is -0.137. The van der Waals surface area contributed by atoms with E-state index in [2.05, 4.69) is 15.5 Å². The van der Waals surface area contributed by atoms with Gasteiger partial charge in [-0.05, 0) is 66.9 Å². The number of hydrogen-bond donors (Lipinski definition) is 1. The summed E-state index contributed by atoms with van der Waals surface area (Å²) < 4.78 is 49.0. The van der Waals surface area contributed by atoms with E-state index in [0.29, 0.717) is 30.6 Å². The summed E-state index contributed by atoms with van der Waals surface area (Å²) >= 11 is 0. The van der Waals surface area contributed by atoms with Gasteiger partial charge in [0.15, 0.2) is 0 Å². The number of ether oxygens (including phenoxy) is 1. The largest absolute Gasteiger partial charge is 0.462 e. The molecule has 160 valence electrons. The predicted molar refractivity (Wildman–Crippen MR) is 98.9 cm³/mol. The van der Waals surface area contributed by atoms with Crippen LogP contribution in [0.1, 0.15) is 43.6 Å². The van der Waals surface area contributed by atoms with Crippen molar-refractivity contribution in [3.05, 3.63) is 35.7 Å². The normalized spacial score (nSPS) is 29.5. The molecule has 4 unspecified atom stereocenters. The zero-order chi connectivity index (χ0) is 21.1. The molecule has 2 bridgehead atoms. The standard InChI is InChI=1S/C20H21F3N4O3/c1-2-29-17-25-16(30-26-17)14-8-19-7-12(19)10-27(15(14)9-19)18(28)24-13-5-3-11(4-6-13)20(21,22)23/h3-6,12,14-15H,2,7-10H2,1H3,(H,24,28). The van der Waals surface area contributed by atoms with Crippen LogP contribution >= 0.6 is 0 Å². The quantitative estimate of drug-likeness (QED) is 0.795. The fourth-order valence-electron chi connectivity index (χ4n) is 5.09. The van der Waals surface area contributed by atoms with Crippen LogP contribution in [0, 0.1) is 11.3 Å².